The van der Waals surface area contributed by atoms with E-state index < -0.39 is 11.5 Å². The first-order chi connectivity index (χ1) is 13.2. The maximum Gasteiger partial charge on any atom is 0.325 e. The number of para-hydroxylation sites is 1. The third-order valence-electron chi connectivity index (χ3n) is 4.46. The Bertz CT molecular complexity index is 996. The second-order valence-corrected chi connectivity index (χ2v) is 7.63. The number of carbonyl (C=O) groups excluding carboxylic acids is 2. The van der Waals surface area contributed by atoms with Crippen molar-refractivity contribution in [2.45, 2.75) is 38.0 Å². The second-order valence-electron chi connectivity index (χ2n) is 6.68. The molecule has 0 radical (unpaired) electrons. The van der Waals surface area contributed by atoms with E-state index in [1.54, 1.807) is 31.2 Å². The quantitative estimate of drug-likeness (QED) is 0.426. The zero-order valence-corrected chi connectivity index (χ0v) is 17.0. The van der Waals surface area contributed by atoms with Crippen molar-refractivity contribution in [3.05, 3.63) is 34.6 Å². The maximum atomic E-state index is 12.8. The van der Waals surface area contributed by atoms with Crippen LogP contribution in [0.25, 0.3) is 10.9 Å². The number of amides is 1. The van der Waals surface area contributed by atoms with Crippen molar-refractivity contribution in [3.63, 3.8) is 0 Å². The molecule has 0 fully saturated rings. The molecular formula is C19H22N4O4S. The Labute approximate surface area is 166 Å². The molecule has 9 heteroatoms. The van der Waals surface area contributed by atoms with E-state index in [1.165, 1.54) is 11.7 Å². The maximum absolute atomic E-state index is 12.8. The van der Waals surface area contributed by atoms with Crippen LogP contribution in [0.2, 0.25) is 0 Å². The van der Waals surface area contributed by atoms with Crippen LogP contribution in [0.1, 0.15) is 20.8 Å². The van der Waals surface area contributed by atoms with E-state index >= 15 is 0 Å². The second kappa shape index (κ2) is 8.89. The average Bonchev–Trinajstić information content (AvgIpc) is 2.68. The number of nitrogens with one attached hydrogen (secondary N) is 1. The van der Waals surface area contributed by atoms with Gasteiger partial charge in [-0.1, -0.05) is 37.7 Å². The summed E-state index contributed by atoms with van der Waals surface area (Å²) in [6, 6.07) is 8.89. The minimum Gasteiger partial charge on any atom is -0.468 e. The number of hydrogen-bond acceptors (Lipinski definition) is 7. The number of thioether (sulfide) groups is 1. The number of rotatable bonds is 7. The van der Waals surface area contributed by atoms with E-state index in [9.17, 15) is 19.6 Å². The highest BCUT2D eigenvalue weighted by atomic mass is 32.2. The number of carbonyl (C=O) groups is 2. The lowest BCUT2D eigenvalue weighted by Crippen LogP contribution is -2.49. The molecule has 2 rings (SSSR count). The van der Waals surface area contributed by atoms with Crippen LogP contribution < -0.4 is 10.9 Å². The first kappa shape index (κ1) is 21.4. The minimum atomic E-state index is -1.000. The third kappa shape index (κ3) is 4.70. The number of ether oxygens (including phenoxy) is 1. The summed E-state index contributed by atoms with van der Waals surface area (Å²) in [6.45, 7) is 5.03. The number of fused-ring (bicyclic) bond motifs is 1. The molecule has 1 amide bonds. The molecule has 0 aliphatic heterocycles. The number of nitriles is 1. The average molecular weight is 402 g/mol. The molecule has 0 aliphatic rings. The van der Waals surface area contributed by atoms with Gasteiger partial charge in [-0.15, -0.1) is 0 Å². The summed E-state index contributed by atoms with van der Waals surface area (Å²) >= 11 is 1.02. The van der Waals surface area contributed by atoms with Crippen LogP contribution in [0.4, 0.5) is 0 Å². The van der Waals surface area contributed by atoms with E-state index in [0.29, 0.717) is 10.9 Å². The van der Waals surface area contributed by atoms with Gasteiger partial charge >= 0.3 is 5.97 Å². The molecular weight excluding hydrogens is 380 g/mol. The number of esters is 1. The zero-order valence-electron chi connectivity index (χ0n) is 16.2. The van der Waals surface area contributed by atoms with Crippen molar-refractivity contribution in [3.8, 4) is 6.07 Å². The third-order valence-corrected chi connectivity index (χ3v) is 5.44. The Morgan fingerprint density at radius 1 is 1.39 bits per heavy atom. The van der Waals surface area contributed by atoms with E-state index in [-0.39, 0.29) is 34.8 Å². The van der Waals surface area contributed by atoms with Gasteiger partial charge < -0.3 is 10.1 Å². The van der Waals surface area contributed by atoms with E-state index in [2.05, 4.69) is 21.1 Å². The molecule has 148 valence electrons. The summed E-state index contributed by atoms with van der Waals surface area (Å²) in [7, 11) is 1.23. The van der Waals surface area contributed by atoms with Crippen LogP contribution >= 0.6 is 11.8 Å². The SMILES string of the molecule is COC(=O)Cn1c(SCC(=O)N[C@@](C)(C#N)C(C)C)nc2ccccc2c1=O. The minimum absolute atomic E-state index is 0.0596. The molecule has 2 aromatic rings. The van der Waals surface area contributed by atoms with Gasteiger partial charge in [0.05, 0.1) is 29.8 Å². The summed E-state index contributed by atoms with van der Waals surface area (Å²) in [6.07, 6.45) is 0. The van der Waals surface area contributed by atoms with Gasteiger partial charge in [-0.05, 0) is 25.0 Å². The molecule has 0 saturated heterocycles. The van der Waals surface area contributed by atoms with Gasteiger partial charge in [-0.2, -0.15) is 5.26 Å². The number of hydrogen-bond donors (Lipinski definition) is 1. The Kier molecular flexibility index (Phi) is 6.80. The van der Waals surface area contributed by atoms with Crippen LogP contribution in [-0.2, 0) is 20.9 Å². The van der Waals surface area contributed by atoms with Crippen molar-refractivity contribution in [2.24, 2.45) is 5.92 Å². The number of methoxy groups -OCH3 is 1. The fraction of sp³-hybridized carbons (Fsp3) is 0.421. The number of nitrogens with zero attached hydrogens (tertiary/aromatic N) is 3. The Hall–Kier alpha value is -2.86. The smallest absolute Gasteiger partial charge is 0.325 e. The first-order valence-electron chi connectivity index (χ1n) is 8.63. The van der Waals surface area contributed by atoms with E-state index in [4.69, 9.17) is 0 Å². The fourth-order valence-corrected chi connectivity index (χ4v) is 3.15. The van der Waals surface area contributed by atoms with Gasteiger partial charge in [0.15, 0.2) is 5.16 Å². The molecule has 28 heavy (non-hydrogen) atoms. The van der Waals surface area contributed by atoms with Crippen LogP contribution in [0.3, 0.4) is 0 Å². The van der Waals surface area contributed by atoms with Crippen LogP contribution in [0.15, 0.2) is 34.2 Å². The Balaban J connectivity index is 2.31. The van der Waals surface area contributed by atoms with Crippen LogP contribution in [0, 0.1) is 17.2 Å². The van der Waals surface area contributed by atoms with Crippen molar-refractivity contribution < 1.29 is 14.3 Å². The molecule has 0 saturated carbocycles. The molecule has 8 nitrogen and oxygen atoms in total. The molecule has 1 atom stereocenters. The standard InChI is InChI=1S/C19H22N4O4S/c1-12(2)19(3,11-20)22-15(24)10-28-18-21-14-8-6-5-7-13(14)17(26)23(18)9-16(25)27-4/h5-8,12H,9-10H2,1-4H3,(H,22,24)/t19-/m0/s1. The van der Waals surface area contributed by atoms with Crippen molar-refractivity contribution in [1.29, 1.82) is 5.26 Å². The Morgan fingerprint density at radius 2 is 2.07 bits per heavy atom. The zero-order chi connectivity index (χ0) is 20.9. The number of aromatic nitrogens is 2. The highest BCUT2D eigenvalue weighted by Crippen LogP contribution is 2.19. The predicted octanol–water partition coefficient (Wildman–Crippen LogP) is 1.72. The molecule has 1 aromatic carbocycles. The fourth-order valence-electron chi connectivity index (χ4n) is 2.35. The van der Waals surface area contributed by atoms with Gasteiger partial charge in [0.2, 0.25) is 5.91 Å². The molecule has 0 unspecified atom stereocenters. The van der Waals surface area contributed by atoms with Crippen molar-refractivity contribution in [1.82, 2.24) is 14.9 Å². The van der Waals surface area contributed by atoms with Gasteiger partial charge in [0.1, 0.15) is 12.1 Å². The summed E-state index contributed by atoms with van der Waals surface area (Å²) < 4.78 is 5.85. The molecule has 1 heterocycles. The molecule has 0 aliphatic carbocycles. The lowest BCUT2D eigenvalue weighted by Gasteiger charge is -2.27. The van der Waals surface area contributed by atoms with Crippen LogP contribution in [0.5, 0.6) is 0 Å². The summed E-state index contributed by atoms with van der Waals surface area (Å²) in [5.74, 6) is -1.10. The summed E-state index contributed by atoms with van der Waals surface area (Å²) in [5, 5.41) is 12.6. The summed E-state index contributed by atoms with van der Waals surface area (Å²) in [4.78, 5) is 41.3. The first-order valence-corrected chi connectivity index (χ1v) is 9.62. The normalized spacial score (nSPS) is 13.0. The van der Waals surface area contributed by atoms with Gasteiger partial charge in [0.25, 0.3) is 5.56 Å². The molecule has 1 aromatic heterocycles. The topological polar surface area (TPSA) is 114 Å². The largest absolute Gasteiger partial charge is 0.468 e. The molecule has 0 spiro atoms. The lowest BCUT2D eigenvalue weighted by atomic mass is 9.90. The van der Waals surface area contributed by atoms with Crippen LogP contribution in [-0.4, -0.2) is 39.8 Å². The molecule has 0 bridgehead atoms. The van der Waals surface area contributed by atoms with Gasteiger partial charge in [-0.3, -0.25) is 19.0 Å². The number of benzene rings is 1. The van der Waals surface area contributed by atoms with E-state index in [1.807, 2.05) is 13.8 Å². The summed E-state index contributed by atoms with van der Waals surface area (Å²) in [5.41, 5.74) is -0.913. The monoisotopic (exact) mass is 402 g/mol. The van der Waals surface area contributed by atoms with Crippen molar-refractivity contribution >= 4 is 34.5 Å². The van der Waals surface area contributed by atoms with E-state index in [0.717, 1.165) is 11.8 Å². The predicted molar refractivity (Wildman–Crippen MR) is 106 cm³/mol. The Morgan fingerprint density at radius 3 is 2.68 bits per heavy atom. The highest BCUT2D eigenvalue weighted by Gasteiger charge is 2.30. The van der Waals surface area contributed by atoms with Crippen molar-refractivity contribution in [2.75, 3.05) is 12.9 Å². The molecule has 1 N–H and O–H groups in total. The lowest BCUT2D eigenvalue weighted by molar-refractivity contribution is -0.141. The van der Waals surface area contributed by atoms with Gasteiger partial charge in [0, 0.05) is 0 Å². The highest BCUT2D eigenvalue weighted by molar-refractivity contribution is 7.99. The van der Waals surface area contributed by atoms with Gasteiger partial charge in [-0.25, -0.2) is 4.98 Å².